The van der Waals surface area contributed by atoms with Gasteiger partial charge in [0.2, 0.25) is 0 Å². The van der Waals surface area contributed by atoms with E-state index in [1.807, 2.05) is 13.8 Å². The number of aryl methyl sites for hydroxylation is 1. The van der Waals surface area contributed by atoms with Crippen molar-refractivity contribution in [3.8, 4) is 0 Å². The Bertz CT molecular complexity index is 562. The summed E-state index contributed by atoms with van der Waals surface area (Å²) in [7, 11) is 0. The molecule has 0 saturated heterocycles. The zero-order valence-electron chi connectivity index (χ0n) is 11.4. The summed E-state index contributed by atoms with van der Waals surface area (Å²) >= 11 is 5.93. The van der Waals surface area contributed by atoms with E-state index in [0.717, 1.165) is 5.56 Å². The van der Waals surface area contributed by atoms with Gasteiger partial charge in [0.15, 0.2) is 0 Å². The molecular formula is C16H16ClF2N. The van der Waals surface area contributed by atoms with Gasteiger partial charge in [0.05, 0.1) is 6.04 Å². The van der Waals surface area contributed by atoms with Crippen LogP contribution in [0.1, 0.15) is 29.7 Å². The first-order chi connectivity index (χ1) is 9.52. The molecule has 2 aromatic rings. The fourth-order valence-electron chi connectivity index (χ4n) is 2.21. The van der Waals surface area contributed by atoms with Crippen LogP contribution in [0.3, 0.4) is 0 Å². The molecule has 106 valence electrons. The summed E-state index contributed by atoms with van der Waals surface area (Å²) in [6.07, 6.45) is 0. The lowest BCUT2D eigenvalue weighted by atomic mass is 9.96. The number of hydrogen-bond donors (Lipinski definition) is 1. The second-order valence-electron chi connectivity index (χ2n) is 4.68. The van der Waals surface area contributed by atoms with Crippen LogP contribution >= 0.6 is 11.6 Å². The fourth-order valence-corrected chi connectivity index (χ4v) is 2.39. The molecule has 20 heavy (non-hydrogen) atoms. The van der Waals surface area contributed by atoms with Crippen LogP contribution < -0.4 is 5.32 Å². The van der Waals surface area contributed by atoms with Crippen LogP contribution in [-0.2, 0) is 0 Å². The molecule has 0 bridgehead atoms. The van der Waals surface area contributed by atoms with E-state index in [1.54, 1.807) is 12.1 Å². The van der Waals surface area contributed by atoms with E-state index in [-0.39, 0.29) is 5.82 Å². The molecule has 2 aromatic carbocycles. The van der Waals surface area contributed by atoms with Crippen LogP contribution in [0.2, 0.25) is 5.02 Å². The molecule has 0 aromatic heterocycles. The number of hydrogen-bond acceptors (Lipinski definition) is 1. The lowest BCUT2D eigenvalue weighted by Crippen LogP contribution is -2.24. The topological polar surface area (TPSA) is 12.0 Å². The van der Waals surface area contributed by atoms with E-state index in [0.29, 0.717) is 22.7 Å². The van der Waals surface area contributed by atoms with Crippen LogP contribution in [0.5, 0.6) is 0 Å². The Morgan fingerprint density at radius 2 is 1.65 bits per heavy atom. The van der Waals surface area contributed by atoms with Crippen LogP contribution in [0.25, 0.3) is 0 Å². The van der Waals surface area contributed by atoms with E-state index in [2.05, 4.69) is 5.32 Å². The minimum absolute atomic E-state index is 0.351. The molecule has 0 spiro atoms. The standard InChI is InChI=1S/C16H16ClF2N/c1-3-20-16(12-8-10(2)4-6-14(12)18)13-9-11(17)5-7-15(13)19/h4-9,16,20H,3H2,1-2H3. The van der Waals surface area contributed by atoms with E-state index in [4.69, 9.17) is 11.6 Å². The number of nitrogens with one attached hydrogen (secondary N) is 1. The Morgan fingerprint density at radius 1 is 1.05 bits per heavy atom. The maximum Gasteiger partial charge on any atom is 0.128 e. The van der Waals surface area contributed by atoms with Gasteiger partial charge in [-0.2, -0.15) is 0 Å². The Hall–Kier alpha value is -1.45. The van der Waals surface area contributed by atoms with Crippen molar-refractivity contribution >= 4 is 11.6 Å². The third kappa shape index (κ3) is 3.17. The molecule has 4 heteroatoms. The van der Waals surface area contributed by atoms with Crippen LogP contribution in [-0.4, -0.2) is 6.54 Å². The second kappa shape index (κ2) is 6.33. The zero-order chi connectivity index (χ0) is 14.7. The van der Waals surface area contributed by atoms with Gasteiger partial charge in [0.25, 0.3) is 0 Å². The van der Waals surface area contributed by atoms with E-state index >= 15 is 0 Å². The second-order valence-corrected chi connectivity index (χ2v) is 5.12. The number of benzene rings is 2. The van der Waals surface area contributed by atoms with Crippen molar-refractivity contribution in [2.75, 3.05) is 6.54 Å². The first-order valence-electron chi connectivity index (χ1n) is 6.47. The van der Waals surface area contributed by atoms with Crippen molar-refractivity contribution in [1.82, 2.24) is 5.32 Å². The first-order valence-corrected chi connectivity index (χ1v) is 6.85. The highest BCUT2D eigenvalue weighted by Gasteiger charge is 2.20. The van der Waals surface area contributed by atoms with Crippen molar-refractivity contribution < 1.29 is 8.78 Å². The van der Waals surface area contributed by atoms with Gasteiger partial charge in [-0.05, 0) is 37.7 Å². The Balaban J connectivity index is 2.55. The van der Waals surface area contributed by atoms with Crippen LogP contribution in [0.4, 0.5) is 8.78 Å². The van der Waals surface area contributed by atoms with Gasteiger partial charge in [-0.25, -0.2) is 8.78 Å². The first kappa shape index (κ1) is 14.9. The monoisotopic (exact) mass is 295 g/mol. The SMILES string of the molecule is CCNC(c1cc(C)ccc1F)c1cc(Cl)ccc1F. The van der Waals surface area contributed by atoms with Gasteiger partial charge in [-0.15, -0.1) is 0 Å². The molecule has 1 unspecified atom stereocenters. The minimum Gasteiger partial charge on any atom is -0.306 e. The molecule has 0 heterocycles. The van der Waals surface area contributed by atoms with E-state index < -0.39 is 11.9 Å². The minimum atomic E-state index is -0.557. The normalized spacial score (nSPS) is 12.4. The lowest BCUT2D eigenvalue weighted by Gasteiger charge is -2.21. The van der Waals surface area contributed by atoms with Gasteiger partial charge in [-0.1, -0.05) is 36.2 Å². The molecular weight excluding hydrogens is 280 g/mol. The predicted octanol–water partition coefficient (Wildman–Crippen LogP) is 4.63. The summed E-state index contributed by atoms with van der Waals surface area (Å²) in [5.74, 6) is -0.762. The highest BCUT2D eigenvalue weighted by Crippen LogP contribution is 2.29. The van der Waals surface area contributed by atoms with Crippen LogP contribution in [0, 0.1) is 18.6 Å². The lowest BCUT2D eigenvalue weighted by molar-refractivity contribution is 0.530. The molecule has 0 aliphatic rings. The maximum atomic E-state index is 14.1. The largest absolute Gasteiger partial charge is 0.306 e. The molecule has 1 N–H and O–H groups in total. The molecule has 1 atom stereocenters. The molecule has 0 amide bonds. The molecule has 0 radical (unpaired) electrons. The molecule has 1 nitrogen and oxygen atoms in total. The summed E-state index contributed by atoms with van der Waals surface area (Å²) in [5.41, 5.74) is 1.70. The summed E-state index contributed by atoms with van der Waals surface area (Å²) in [6, 6.07) is 8.58. The fraction of sp³-hybridized carbons (Fsp3) is 0.250. The quantitative estimate of drug-likeness (QED) is 0.867. The highest BCUT2D eigenvalue weighted by molar-refractivity contribution is 6.30. The molecule has 0 aliphatic carbocycles. The average molecular weight is 296 g/mol. The van der Waals surface area contributed by atoms with Gasteiger partial charge in [-0.3, -0.25) is 0 Å². The Kier molecular flexibility index (Phi) is 4.73. The third-order valence-corrected chi connectivity index (χ3v) is 3.37. The summed E-state index contributed by atoms with van der Waals surface area (Å²) < 4.78 is 28.1. The molecule has 0 saturated carbocycles. The molecule has 0 aliphatic heterocycles. The smallest absolute Gasteiger partial charge is 0.128 e. The summed E-state index contributed by atoms with van der Waals surface area (Å²) in [5, 5.41) is 3.54. The summed E-state index contributed by atoms with van der Waals surface area (Å²) in [4.78, 5) is 0. The van der Waals surface area contributed by atoms with Gasteiger partial charge in [0.1, 0.15) is 11.6 Å². The highest BCUT2D eigenvalue weighted by atomic mass is 35.5. The van der Waals surface area contributed by atoms with Gasteiger partial charge in [0, 0.05) is 16.1 Å². The number of halogens is 3. The van der Waals surface area contributed by atoms with Crippen molar-refractivity contribution in [3.63, 3.8) is 0 Å². The van der Waals surface area contributed by atoms with Gasteiger partial charge < -0.3 is 5.32 Å². The van der Waals surface area contributed by atoms with Crippen molar-refractivity contribution in [3.05, 3.63) is 69.7 Å². The Labute approximate surface area is 122 Å². The number of rotatable bonds is 4. The molecule has 0 fully saturated rings. The van der Waals surface area contributed by atoms with Gasteiger partial charge >= 0.3 is 0 Å². The van der Waals surface area contributed by atoms with Crippen molar-refractivity contribution in [2.45, 2.75) is 19.9 Å². The van der Waals surface area contributed by atoms with Crippen LogP contribution in [0.15, 0.2) is 36.4 Å². The molecule has 2 rings (SSSR count). The van der Waals surface area contributed by atoms with E-state index in [9.17, 15) is 8.78 Å². The predicted molar refractivity (Wildman–Crippen MR) is 78.1 cm³/mol. The van der Waals surface area contributed by atoms with E-state index in [1.165, 1.54) is 24.3 Å². The zero-order valence-corrected chi connectivity index (χ0v) is 12.1. The Morgan fingerprint density at radius 3 is 2.30 bits per heavy atom. The average Bonchev–Trinajstić information content (AvgIpc) is 2.42. The maximum absolute atomic E-state index is 14.1. The van der Waals surface area contributed by atoms with Crippen molar-refractivity contribution in [2.24, 2.45) is 0 Å². The summed E-state index contributed by atoms with van der Waals surface area (Å²) in [6.45, 7) is 4.35. The van der Waals surface area contributed by atoms with Crippen molar-refractivity contribution in [1.29, 1.82) is 0 Å². The third-order valence-electron chi connectivity index (χ3n) is 3.14.